The molecule has 3 aromatic carbocycles. The number of benzene rings is 3. The van der Waals surface area contributed by atoms with Crippen LogP contribution in [0.1, 0.15) is 32.9 Å². The fourth-order valence-corrected chi connectivity index (χ4v) is 4.45. The summed E-state index contributed by atoms with van der Waals surface area (Å²) in [4.78, 5) is 23.8. The van der Waals surface area contributed by atoms with Gasteiger partial charge in [0.05, 0.1) is 40.5 Å². The molecule has 0 bridgehead atoms. The highest BCUT2D eigenvalue weighted by atomic mass is 19.2. The van der Waals surface area contributed by atoms with Crippen molar-refractivity contribution in [3.05, 3.63) is 106 Å². The number of aromatic carboxylic acids is 1. The minimum absolute atomic E-state index is 0.000568. The van der Waals surface area contributed by atoms with E-state index in [2.05, 4.69) is 15.0 Å². The van der Waals surface area contributed by atoms with Crippen LogP contribution in [0, 0.1) is 34.6 Å². The molecule has 0 saturated carbocycles. The SMILES string of the molecule is COCCn1c(Cc2c(F)cc(-c3ccnc(OCc4ccc(C#N)cc4F)n3)c(F)c2F)nc2ccc(C(=O)O)cc21. The Morgan fingerprint density at radius 2 is 1.84 bits per heavy atom. The number of carbonyl (C=O) groups is 1. The van der Waals surface area contributed by atoms with E-state index in [0.29, 0.717) is 11.0 Å². The van der Waals surface area contributed by atoms with E-state index in [4.69, 9.17) is 14.7 Å². The first kappa shape index (κ1) is 29.2. The predicted molar refractivity (Wildman–Crippen MR) is 144 cm³/mol. The second-order valence-corrected chi connectivity index (χ2v) is 9.30. The van der Waals surface area contributed by atoms with Gasteiger partial charge in [-0.1, -0.05) is 6.07 Å². The Hall–Kier alpha value is -5.35. The maximum Gasteiger partial charge on any atom is 0.335 e. The molecule has 0 aliphatic heterocycles. The van der Waals surface area contributed by atoms with Gasteiger partial charge in [-0.3, -0.25) is 0 Å². The molecule has 0 fully saturated rings. The maximum atomic E-state index is 15.4. The molecule has 218 valence electrons. The molecule has 5 rings (SSSR count). The van der Waals surface area contributed by atoms with E-state index in [1.165, 1.54) is 49.7 Å². The lowest BCUT2D eigenvalue weighted by Gasteiger charge is -2.13. The highest BCUT2D eigenvalue weighted by Crippen LogP contribution is 2.30. The Labute approximate surface area is 241 Å². The van der Waals surface area contributed by atoms with Gasteiger partial charge < -0.3 is 19.1 Å². The first-order valence-corrected chi connectivity index (χ1v) is 12.7. The van der Waals surface area contributed by atoms with E-state index >= 15 is 13.2 Å². The third-order valence-electron chi connectivity index (χ3n) is 6.63. The highest BCUT2D eigenvalue weighted by Gasteiger charge is 2.24. The molecule has 2 aromatic heterocycles. The van der Waals surface area contributed by atoms with Crippen molar-refractivity contribution in [2.45, 2.75) is 19.6 Å². The molecule has 0 saturated heterocycles. The number of hydrogen-bond acceptors (Lipinski definition) is 7. The van der Waals surface area contributed by atoms with E-state index in [0.717, 1.165) is 12.1 Å². The first-order valence-electron chi connectivity index (χ1n) is 12.7. The first-order chi connectivity index (χ1) is 20.7. The summed E-state index contributed by atoms with van der Waals surface area (Å²) in [5.74, 6) is -5.55. The number of halogens is 4. The van der Waals surface area contributed by atoms with Crippen LogP contribution in [0.5, 0.6) is 6.01 Å². The van der Waals surface area contributed by atoms with Crippen LogP contribution in [0.2, 0.25) is 0 Å². The van der Waals surface area contributed by atoms with Crippen molar-refractivity contribution in [2.75, 3.05) is 13.7 Å². The molecular weight excluding hydrogens is 570 g/mol. The van der Waals surface area contributed by atoms with E-state index < -0.39 is 46.8 Å². The lowest BCUT2D eigenvalue weighted by atomic mass is 10.0. The van der Waals surface area contributed by atoms with Gasteiger partial charge in [0.25, 0.3) is 0 Å². The van der Waals surface area contributed by atoms with Gasteiger partial charge in [0.1, 0.15) is 24.1 Å². The number of carboxylic acids is 1. The summed E-state index contributed by atoms with van der Waals surface area (Å²) in [6.07, 6.45) is 0.753. The van der Waals surface area contributed by atoms with Crippen LogP contribution in [0.4, 0.5) is 17.6 Å². The molecule has 2 heterocycles. The molecule has 0 spiro atoms. The van der Waals surface area contributed by atoms with Gasteiger partial charge in [0.2, 0.25) is 0 Å². The zero-order chi connectivity index (χ0) is 30.7. The Morgan fingerprint density at radius 1 is 1.02 bits per heavy atom. The molecule has 0 aliphatic rings. The molecule has 13 heteroatoms. The summed E-state index contributed by atoms with van der Waals surface area (Å²) in [5, 5.41) is 18.2. The Kier molecular flexibility index (Phi) is 8.31. The number of ether oxygens (including phenoxy) is 2. The summed E-state index contributed by atoms with van der Waals surface area (Å²) < 4.78 is 72.4. The minimum atomic E-state index is -1.45. The van der Waals surface area contributed by atoms with Gasteiger partial charge in [-0.15, -0.1) is 0 Å². The predicted octanol–water partition coefficient (Wildman–Crippen LogP) is 5.44. The Morgan fingerprint density at radius 3 is 2.56 bits per heavy atom. The van der Waals surface area contributed by atoms with Crippen molar-refractivity contribution in [1.29, 1.82) is 5.26 Å². The highest BCUT2D eigenvalue weighted by molar-refractivity contribution is 5.92. The zero-order valence-corrected chi connectivity index (χ0v) is 22.4. The molecule has 0 radical (unpaired) electrons. The number of carboxylic acid groups (broad SMARTS) is 1. The largest absolute Gasteiger partial charge is 0.478 e. The topological polar surface area (TPSA) is 123 Å². The van der Waals surface area contributed by atoms with Gasteiger partial charge in [-0.05, 0) is 42.5 Å². The van der Waals surface area contributed by atoms with Crippen molar-refractivity contribution in [3.63, 3.8) is 0 Å². The average Bonchev–Trinajstić information content (AvgIpc) is 3.35. The zero-order valence-electron chi connectivity index (χ0n) is 22.4. The average molecular weight is 592 g/mol. The fraction of sp³-hybridized carbons (Fsp3) is 0.167. The van der Waals surface area contributed by atoms with E-state index in [1.54, 1.807) is 4.57 Å². The number of nitriles is 1. The Balaban J connectivity index is 1.44. The van der Waals surface area contributed by atoms with Crippen LogP contribution in [0.3, 0.4) is 0 Å². The molecule has 1 N–H and O–H groups in total. The molecule has 0 amide bonds. The second kappa shape index (κ2) is 12.3. The summed E-state index contributed by atoms with van der Waals surface area (Å²) in [6.45, 7) is 0.0818. The van der Waals surface area contributed by atoms with E-state index in [9.17, 15) is 14.3 Å². The van der Waals surface area contributed by atoms with Crippen molar-refractivity contribution < 1.29 is 36.9 Å². The Bertz CT molecular complexity index is 1900. The molecule has 0 atom stereocenters. The third-order valence-corrected chi connectivity index (χ3v) is 6.63. The van der Waals surface area contributed by atoms with Crippen molar-refractivity contribution >= 4 is 17.0 Å². The molecule has 0 aliphatic carbocycles. The fourth-order valence-electron chi connectivity index (χ4n) is 4.45. The number of nitrogens with zero attached hydrogens (tertiary/aromatic N) is 5. The third kappa shape index (κ3) is 6.00. The van der Waals surface area contributed by atoms with Crippen LogP contribution in [-0.4, -0.2) is 44.3 Å². The van der Waals surface area contributed by atoms with Gasteiger partial charge in [-0.2, -0.15) is 10.2 Å². The lowest BCUT2D eigenvalue weighted by molar-refractivity contribution is 0.0697. The quantitative estimate of drug-likeness (QED) is 0.168. The number of hydrogen-bond donors (Lipinski definition) is 1. The summed E-state index contributed by atoms with van der Waals surface area (Å²) >= 11 is 0. The van der Waals surface area contributed by atoms with Crippen LogP contribution in [0.25, 0.3) is 22.3 Å². The van der Waals surface area contributed by atoms with Crippen LogP contribution in [-0.2, 0) is 24.3 Å². The number of aromatic nitrogens is 4. The standard InChI is InChI=1S/C30H21F4N5O4/c1-42-9-8-39-25-11-17(29(40)41)4-5-24(25)37-26(39)13-19-22(32)12-20(28(34)27(19)33)23-6-7-36-30(38-23)43-15-18-3-2-16(14-35)10-21(18)31/h2-7,10-12H,8-9,13,15H2,1H3,(H,40,41). The number of methoxy groups -OCH3 is 1. The van der Waals surface area contributed by atoms with Crippen molar-refractivity contribution in [1.82, 2.24) is 19.5 Å². The summed E-state index contributed by atoms with van der Waals surface area (Å²) in [5.41, 5.74) is -0.215. The van der Waals surface area contributed by atoms with Gasteiger partial charge in [-0.25, -0.2) is 32.3 Å². The molecule has 5 aromatic rings. The summed E-state index contributed by atoms with van der Waals surface area (Å²) in [6, 6.07) is 11.6. The van der Waals surface area contributed by atoms with Crippen molar-refractivity contribution in [3.8, 4) is 23.3 Å². The van der Waals surface area contributed by atoms with Crippen LogP contribution < -0.4 is 4.74 Å². The van der Waals surface area contributed by atoms with Crippen molar-refractivity contribution in [2.24, 2.45) is 0 Å². The minimum Gasteiger partial charge on any atom is -0.478 e. The number of rotatable bonds is 10. The normalized spacial score (nSPS) is 11.1. The summed E-state index contributed by atoms with van der Waals surface area (Å²) in [7, 11) is 1.46. The van der Waals surface area contributed by atoms with Crippen LogP contribution in [0.15, 0.2) is 54.7 Å². The molecule has 9 nitrogen and oxygen atoms in total. The lowest BCUT2D eigenvalue weighted by Crippen LogP contribution is -2.11. The number of imidazole rings is 1. The van der Waals surface area contributed by atoms with Gasteiger partial charge >= 0.3 is 12.0 Å². The monoisotopic (exact) mass is 591 g/mol. The van der Waals surface area contributed by atoms with Gasteiger partial charge in [0.15, 0.2) is 11.6 Å². The maximum absolute atomic E-state index is 15.4. The van der Waals surface area contributed by atoms with E-state index in [1.807, 2.05) is 6.07 Å². The molecular formula is C30H21F4N5O4. The molecule has 43 heavy (non-hydrogen) atoms. The van der Waals surface area contributed by atoms with Crippen LogP contribution >= 0.6 is 0 Å². The van der Waals surface area contributed by atoms with E-state index in [-0.39, 0.29) is 54.0 Å². The molecule has 0 unspecified atom stereocenters. The van der Waals surface area contributed by atoms with Gasteiger partial charge in [0, 0.05) is 43.0 Å². The smallest absolute Gasteiger partial charge is 0.335 e. The second-order valence-electron chi connectivity index (χ2n) is 9.30. The number of fused-ring (bicyclic) bond motifs is 1.